The van der Waals surface area contributed by atoms with E-state index < -0.39 is 0 Å². The Labute approximate surface area is 106 Å². The number of azo groups is 1. The third-order valence-electron chi connectivity index (χ3n) is 2.44. The van der Waals surface area contributed by atoms with Crippen LogP contribution in [0.1, 0.15) is 0 Å². The lowest BCUT2D eigenvalue weighted by molar-refractivity contribution is -0.115. The molecule has 90 valence electrons. The van der Waals surface area contributed by atoms with E-state index in [0.717, 1.165) is 10.9 Å². The van der Waals surface area contributed by atoms with Crippen LogP contribution in [0, 0.1) is 0 Å². The highest BCUT2D eigenvalue weighted by atomic mass is 32.2. The van der Waals surface area contributed by atoms with E-state index in [-0.39, 0.29) is 11.8 Å². The largest absolute Gasteiger partial charge is 0.493 e. The third-order valence-corrected chi connectivity index (χ3v) is 3.26. The van der Waals surface area contributed by atoms with E-state index >= 15 is 0 Å². The van der Waals surface area contributed by atoms with Crippen LogP contribution < -0.4 is 0 Å². The van der Waals surface area contributed by atoms with Crippen molar-refractivity contribution in [3.8, 4) is 5.88 Å². The number of H-pyrrole nitrogens is 1. The molecule has 7 heteroatoms. The highest BCUT2D eigenvalue weighted by Crippen LogP contribution is 2.35. The van der Waals surface area contributed by atoms with Crippen LogP contribution in [0.5, 0.6) is 5.88 Å². The number of nitrogens with zero attached hydrogens (tertiary/aromatic N) is 3. The van der Waals surface area contributed by atoms with Gasteiger partial charge in [-0.3, -0.25) is 4.79 Å². The maximum atomic E-state index is 10.9. The quantitative estimate of drug-likeness (QED) is 0.772. The molecule has 0 spiro atoms. The number of fused-ring (bicyclic) bond motifs is 1. The van der Waals surface area contributed by atoms with Crippen LogP contribution in [0.25, 0.3) is 10.9 Å². The second-order valence-electron chi connectivity index (χ2n) is 3.64. The minimum atomic E-state index is -0.211. The van der Waals surface area contributed by atoms with Gasteiger partial charge in [0.1, 0.15) is 0 Å². The number of amides is 1. The topological polar surface area (TPSA) is 90.2 Å². The first-order valence-corrected chi connectivity index (χ1v) is 6.18. The SMILES string of the molecule is O=C1CSC(/N=N/c2c(O)[nH]c3ccccc23)=N1. The van der Waals surface area contributed by atoms with Crippen LogP contribution in [0.15, 0.2) is 39.5 Å². The molecule has 3 rings (SSSR count). The lowest BCUT2D eigenvalue weighted by Gasteiger charge is -1.90. The van der Waals surface area contributed by atoms with Crippen molar-refractivity contribution in [2.75, 3.05) is 5.75 Å². The van der Waals surface area contributed by atoms with Gasteiger partial charge in [0.15, 0.2) is 5.69 Å². The number of hydrogen-bond acceptors (Lipinski definition) is 5. The summed E-state index contributed by atoms with van der Waals surface area (Å²) >= 11 is 1.23. The molecule has 1 amide bonds. The Hall–Kier alpha value is -2.15. The Morgan fingerprint density at radius 2 is 2.17 bits per heavy atom. The second-order valence-corrected chi connectivity index (χ2v) is 4.59. The number of carbonyl (C=O) groups excluding carboxylic acids is 1. The van der Waals surface area contributed by atoms with Crippen LogP contribution in [0.3, 0.4) is 0 Å². The van der Waals surface area contributed by atoms with Gasteiger partial charge < -0.3 is 10.1 Å². The predicted molar refractivity (Wildman–Crippen MR) is 69.4 cm³/mol. The molecule has 1 aliphatic rings. The van der Waals surface area contributed by atoms with E-state index in [1.165, 1.54) is 11.8 Å². The van der Waals surface area contributed by atoms with Gasteiger partial charge in [-0.25, -0.2) is 0 Å². The van der Waals surface area contributed by atoms with Crippen molar-refractivity contribution in [2.24, 2.45) is 15.2 Å². The maximum absolute atomic E-state index is 10.9. The molecule has 1 aromatic carbocycles. The summed E-state index contributed by atoms with van der Waals surface area (Å²) in [6.07, 6.45) is 0. The standard InChI is InChI=1S/C11H8N4O2S/c16-8-5-18-11(13-8)15-14-9-6-3-1-2-4-7(6)12-10(9)17/h1-4,12,17H,5H2/b15-14+. The molecule has 2 N–H and O–H groups in total. The van der Waals surface area contributed by atoms with E-state index in [1.807, 2.05) is 24.3 Å². The smallest absolute Gasteiger partial charge is 0.258 e. The van der Waals surface area contributed by atoms with Crippen LogP contribution in [-0.2, 0) is 4.79 Å². The van der Waals surface area contributed by atoms with Gasteiger partial charge in [-0.1, -0.05) is 30.0 Å². The Bertz CT molecular complexity index is 689. The predicted octanol–water partition coefficient (Wildman–Crippen LogP) is 2.59. The molecule has 0 saturated carbocycles. The molecule has 18 heavy (non-hydrogen) atoms. The number of thioether (sulfide) groups is 1. The molecule has 0 fully saturated rings. The average molecular weight is 260 g/mol. The zero-order valence-corrected chi connectivity index (χ0v) is 9.94. The number of nitrogens with one attached hydrogen (secondary N) is 1. The zero-order chi connectivity index (χ0) is 12.5. The first-order chi connectivity index (χ1) is 8.74. The Morgan fingerprint density at radius 1 is 1.33 bits per heavy atom. The van der Waals surface area contributed by atoms with Crippen molar-refractivity contribution in [3.63, 3.8) is 0 Å². The molecular weight excluding hydrogens is 252 g/mol. The van der Waals surface area contributed by atoms with Gasteiger partial charge in [0.05, 0.1) is 11.3 Å². The molecule has 0 unspecified atom stereocenters. The number of carbonyl (C=O) groups is 1. The number of aromatic nitrogens is 1. The molecular formula is C11H8N4O2S. The number of benzene rings is 1. The van der Waals surface area contributed by atoms with Crippen LogP contribution in [-0.4, -0.2) is 26.9 Å². The summed E-state index contributed by atoms with van der Waals surface area (Å²) in [6.45, 7) is 0. The van der Waals surface area contributed by atoms with E-state index in [0.29, 0.717) is 16.6 Å². The summed E-state index contributed by atoms with van der Waals surface area (Å²) in [6, 6.07) is 7.36. The molecule has 0 radical (unpaired) electrons. The molecule has 0 aliphatic carbocycles. The van der Waals surface area contributed by atoms with Gasteiger partial charge in [-0.15, -0.1) is 10.2 Å². The van der Waals surface area contributed by atoms with Crippen molar-refractivity contribution in [1.29, 1.82) is 0 Å². The molecule has 0 atom stereocenters. The van der Waals surface area contributed by atoms with Crippen molar-refractivity contribution in [2.45, 2.75) is 0 Å². The molecule has 2 heterocycles. The minimum absolute atomic E-state index is 0.0464. The number of rotatable bonds is 1. The first kappa shape index (κ1) is 11.0. The second kappa shape index (κ2) is 4.26. The van der Waals surface area contributed by atoms with Crippen LogP contribution in [0.2, 0.25) is 0 Å². The Balaban J connectivity index is 2.00. The number of aliphatic imine (C=N–C) groups is 1. The van der Waals surface area contributed by atoms with Crippen LogP contribution in [0.4, 0.5) is 5.69 Å². The van der Waals surface area contributed by atoms with E-state index in [9.17, 15) is 9.90 Å². The summed E-state index contributed by atoms with van der Waals surface area (Å²) in [7, 11) is 0. The number of aromatic amines is 1. The first-order valence-electron chi connectivity index (χ1n) is 5.20. The zero-order valence-electron chi connectivity index (χ0n) is 9.12. The summed E-state index contributed by atoms with van der Waals surface area (Å²) in [4.78, 5) is 17.4. The maximum Gasteiger partial charge on any atom is 0.258 e. The fourth-order valence-electron chi connectivity index (χ4n) is 1.66. The Kier molecular flexibility index (Phi) is 2.60. The molecule has 1 aliphatic heterocycles. The summed E-state index contributed by atoms with van der Waals surface area (Å²) in [5, 5.41) is 18.6. The van der Waals surface area contributed by atoms with Crippen molar-refractivity contribution < 1.29 is 9.90 Å². The third kappa shape index (κ3) is 1.88. The van der Waals surface area contributed by atoms with Crippen molar-refractivity contribution in [3.05, 3.63) is 24.3 Å². The number of aromatic hydroxyl groups is 1. The number of amidine groups is 1. The van der Waals surface area contributed by atoms with E-state index in [2.05, 4.69) is 20.2 Å². The highest BCUT2D eigenvalue weighted by molar-refractivity contribution is 8.14. The van der Waals surface area contributed by atoms with Gasteiger partial charge in [-0.2, -0.15) is 4.99 Å². The monoisotopic (exact) mass is 260 g/mol. The minimum Gasteiger partial charge on any atom is -0.493 e. The molecule has 0 bridgehead atoms. The summed E-state index contributed by atoms with van der Waals surface area (Å²) in [5.74, 6) is 0.0424. The summed E-state index contributed by atoms with van der Waals surface area (Å²) in [5.41, 5.74) is 1.13. The number of hydrogen-bond donors (Lipinski definition) is 2. The van der Waals surface area contributed by atoms with E-state index in [1.54, 1.807) is 0 Å². The number of para-hydroxylation sites is 1. The lowest BCUT2D eigenvalue weighted by atomic mass is 10.2. The molecule has 1 aromatic heterocycles. The highest BCUT2D eigenvalue weighted by Gasteiger charge is 2.15. The molecule has 6 nitrogen and oxygen atoms in total. The fourth-order valence-corrected chi connectivity index (χ4v) is 2.24. The average Bonchev–Trinajstić information content (AvgIpc) is 2.90. The fraction of sp³-hybridized carbons (Fsp3) is 0.0909. The van der Waals surface area contributed by atoms with Crippen LogP contribution >= 0.6 is 11.8 Å². The van der Waals surface area contributed by atoms with Crippen molar-refractivity contribution in [1.82, 2.24) is 4.98 Å². The normalized spacial score (nSPS) is 15.8. The van der Waals surface area contributed by atoms with Gasteiger partial charge in [-0.05, 0) is 6.07 Å². The van der Waals surface area contributed by atoms with Gasteiger partial charge in [0.25, 0.3) is 5.91 Å². The summed E-state index contributed by atoms with van der Waals surface area (Å²) < 4.78 is 0. The Morgan fingerprint density at radius 3 is 2.94 bits per heavy atom. The van der Waals surface area contributed by atoms with E-state index in [4.69, 9.17) is 0 Å². The van der Waals surface area contributed by atoms with Gasteiger partial charge >= 0.3 is 0 Å². The van der Waals surface area contributed by atoms with Crippen molar-refractivity contribution >= 4 is 39.4 Å². The van der Waals surface area contributed by atoms with Gasteiger partial charge in [0, 0.05) is 5.39 Å². The molecule has 2 aromatic rings. The lowest BCUT2D eigenvalue weighted by Crippen LogP contribution is -1.86. The van der Waals surface area contributed by atoms with Gasteiger partial charge in [0.2, 0.25) is 11.0 Å². The molecule has 0 saturated heterocycles.